The van der Waals surface area contributed by atoms with Crippen molar-refractivity contribution in [3.05, 3.63) is 35.4 Å². The molecule has 1 N–H and O–H groups in total. The van der Waals surface area contributed by atoms with Gasteiger partial charge in [0.2, 0.25) is 0 Å². The lowest BCUT2D eigenvalue weighted by Crippen LogP contribution is -2.37. The van der Waals surface area contributed by atoms with Gasteiger partial charge in [0.1, 0.15) is 0 Å². The highest BCUT2D eigenvalue weighted by Gasteiger charge is 2.29. The predicted octanol–water partition coefficient (Wildman–Crippen LogP) is 1.56. The van der Waals surface area contributed by atoms with Crippen LogP contribution in [-0.2, 0) is 0 Å². The van der Waals surface area contributed by atoms with Gasteiger partial charge in [0.15, 0.2) is 11.6 Å². The van der Waals surface area contributed by atoms with Crippen molar-refractivity contribution in [1.29, 1.82) is 0 Å². The number of rotatable bonds is 2. The Hall–Kier alpha value is -1.49. The van der Waals surface area contributed by atoms with Gasteiger partial charge in [-0.05, 0) is 31.0 Å². The number of hydrogen-bond donors (Lipinski definition) is 1. The van der Waals surface area contributed by atoms with Gasteiger partial charge < -0.3 is 10.0 Å². The summed E-state index contributed by atoms with van der Waals surface area (Å²) >= 11 is 0. The van der Waals surface area contributed by atoms with Crippen LogP contribution < -0.4 is 0 Å². The van der Waals surface area contributed by atoms with Crippen LogP contribution in [0, 0.1) is 11.6 Å². The van der Waals surface area contributed by atoms with Crippen molar-refractivity contribution >= 4 is 5.91 Å². The quantitative estimate of drug-likeness (QED) is 0.853. The number of amides is 1. The SMILES string of the molecule is O=C(c1ccc(F)c(F)c1)N1CCC[C@H]1CO. The molecule has 1 aromatic rings. The number of hydrogen-bond acceptors (Lipinski definition) is 2. The third-order valence-electron chi connectivity index (χ3n) is 3.02. The van der Waals surface area contributed by atoms with Crippen LogP contribution in [0.4, 0.5) is 8.78 Å². The lowest BCUT2D eigenvalue weighted by Gasteiger charge is -2.23. The summed E-state index contributed by atoms with van der Waals surface area (Å²) in [6, 6.07) is 2.88. The van der Waals surface area contributed by atoms with E-state index in [1.165, 1.54) is 11.0 Å². The molecule has 5 heteroatoms. The fourth-order valence-electron chi connectivity index (χ4n) is 2.09. The molecule has 1 saturated heterocycles. The predicted molar refractivity (Wildman–Crippen MR) is 57.5 cm³/mol. The molecule has 0 radical (unpaired) electrons. The van der Waals surface area contributed by atoms with Gasteiger partial charge in [0, 0.05) is 12.1 Å². The second kappa shape index (κ2) is 4.79. The van der Waals surface area contributed by atoms with Crippen LogP contribution in [0.15, 0.2) is 18.2 Å². The van der Waals surface area contributed by atoms with Gasteiger partial charge in [-0.3, -0.25) is 4.79 Å². The van der Waals surface area contributed by atoms with Gasteiger partial charge in [0.05, 0.1) is 12.6 Å². The van der Waals surface area contributed by atoms with Gasteiger partial charge in [-0.2, -0.15) is 0 Å². The Morgan fingerprint density at radius 1 is 1.41 bits per heavy atom. The van der Waals surface area contributed by atoms with Gasteiger partial charge in [-0.15, -0.1) is 0 Å². The van der Waals surface area contributed by atoms with E-state index in [9.17, 15) is 13.6 Å². The number of aliphatic hydroxyl groups excluding tert-OH is 1. The number of carbonyl (C=O) groups is 1. The molecule has 1 heterocycles. The number of carbonyl (C=O) groups excluding carboxylic acids is 1. The molecule has 0 saturated carbocycles. The van der Waals surface area contributed by atoms with Crippen LogP contribution in [0.3, 0.4) is 0 Å². The number of benzene rings is 1. The van der Waals surface area contributed by atoms with E-state index in [1.807, 2.05) is 0 Å². The van der Waals surface area contributed by atoms with Crippen LogP contribution in [0.5, 0.6) is 0 Å². The van der Waals surface area contributed by atoms with Gasteiger partial charge in [-0.25, -0.2) is 8.78 Å². The van der Waals surface area contributed by atoms with E-state index in [1.54, 1.807) is 0 Å². The molecule has 1 amide bonds. The molecule has 1 atom stereocenters. The Balaban J connectivity index is 2.21. The first kappa shape index (κ1) is 12.0. The first-order valence-electron chi connectivity index (χ1n) is 5.50. The molecular weight excluding hydrogens is 228 g/mol. The zero-order valence-electron chi connectivity index (χ0n) is 9.20. The minimum atomic E-state index is -1.03. The molecule has 0 bridgehead atoms. The Labute approximate surface area is 97.7 Å². The van der Waals surface area contributed by atoms with Crippen LogP contribution in [0.25, 0.3) is 0 Å². The topological polar surface area (TPSA) is 40.5 Å². The van der Waals surface area contributed by atoms with E-state index in [0.717, 1.165) is 25.0 Å². The summed E-state index contributed by atoms with van der Waals surface area (Å²) in [6.45, 7) is 0.443. The van der Waals surface area contributed by atoms with Crippen molar-refractivity contribution in [3.8, 4) is 0 Å². The summed E-state index contributed by atoms with van der Waals surface area (Å²) < 4.78 is 25.8. The van der Waals surface area contributed by atoms with Crippen molar-refractivity contribution in [2.75, 3.05) is 13.2 Å². The third kappa shape index (κ3) is 2.29. The average Bonchev–Trinajstić information content (AvgIpc) is 2.80. The monoisotopic (exact) mass is 241 g/mol. The fraction of sp³-hybridized carbons (Fsp3) is 0.417. The number of aliphatic hydroxyl groups is 1. The normalized spacial score (nSPS) is 19.7. The molecule has 3 nitrogen and oxygen atoms in total. The summed E-state index contributed by atoms with van der Waals surface area (Å²) in [5.74, 6) is -2.36. The second-order valence-corrected chi connectivity index (χ2v) is 4.11. The Morgan fingerprint density at radius 3 is 2.82 bits per heavy atom. The standard InChI is InChI=1S/C12H13F2NO2/c13-10-4-3-8(6-11(10)14)12(17)15-5-1-2-9(15)7-16/h3-4,6,9,16H,1-2,5,7H2/t9-/m0/s1. The second-order valence-electron chi connectivity index (χ2n) is 4.11. The van der Waals surface area contributed by atoms with Gasteiger partial charge in [-0.1, -0.05) is 0 Å². The lowest BCUT2D eigenvalue weighted by atomic mass is 10.1. The Morgan fingerprint density at radius 2 is 2.18 bits per heavy atom. The molecule has 2 rings (SSSR count). The maximum atomic E-state index is 13.0. The molecule has 0 aliphatic carbocycles. The molecule has 0 spiro atoms. The zero-order valence-corrected chi connectivity index (χ0v) is 9.20. The average molecular weight is 241 g/mol. The molecule has 17 heavy (non-hydrogen) atoms. The van der Waals surface area contributed by atoms with Crippen molar-refractivity contribution in [2.45, 2.75) is 18.9 Å². The van der Waals surface area contributed by atoms with Crippen LogP contribution in [0.1, 0.15) is 23.2 Å². The maximum absolute atomic E-state index is 13.0. The van der Waals surface area contributed by atoms with Gasteiger partial charge >= 0.3 is 0 Å². The molecule has 0 unspecified atom stereocenters. The fourth-order valence-corrected chi connectivity index (χ4v) is 2.09. The molecule has 1 aliphatic heterocycles. The number of nitrogens with zero attached hydrogens (tertiary/aromatic N) is 1. The van der Waals surface area contributed by atoms with E-state index >= 15 is 0 Å². The third-order valence-corrected chi connectivity index (χ3v) is 3.02. The summed E-state index contributed by atoms with van der Waals surface area (Å²) in [5, 5.41) is 9.10. The number of likely N-dealkylation sites (tertiary alicyclic amines) is 1. The molecule has 1 aliphatic rings. The highest BCUT2D eigenvalue weighted by Crippen LogP contribution is 2.20. The Kier molecular flexibility index (Phi) is 3.38. The van der Waals surface area contributed by atoms with Gasteiger partial charge in [0.25, 0.3) is 5.91 Å². The molecule has 1 fully saturated rings. The van der Waals surface area contributed by atoms with Crippen molar-refractivity contribution < 1.29 is 18.7 Å². The highest BCUT2D eigenvalue weighted by atomic mass is 19.2. The maximum Gasteiger partial charge on any atom is 0.254 e. The van der Waals surface area contributed by atoms with E-state index in [2.05, 4.69) is 0 Å². The zero-order chi connectivity index (χ0) is 12.4. The smallest absolute Gasteiger partial charge is 0.254 e. The molecule has 0 aromatic heterocycles. The van der Waals surface area contributed by atoms with E-state index in [4.69, 9.17) is 5.11 Å². The molecular formula is C12H13F2NO2. The van der Waals surface area contributed by atoms with Crippen LogP contribution in [0.2, 0.25) is 0 Å². The summed E-state index contributed by atoms with van der Waals surface area (Å²) in [4.78, 5) is 13.5. The highest BCUT2D eigenvalue weighted by molar-refractivity contribution is 5.94. The first-order valence-corrected chi connectivity index (χ1v) is 5.50. The first-order chi connectivity index (χ1) is 8.13. The van der Waals surface area contributed by atoms with Crippen LogP contribution in [-0.4, -0.2) is 35.1 Å². The largest absolute Gasteiger partial charge is 0.394 e. The molecule has 1 aromatic carbocycles. The minimum absolute atomic E-state index is 0.102. The van der Waals surface area contributed by atoms with Crippen LogP contribution >= 0.6 is 0 Å². The summed E-state index contributed by atoms with van der Waals surface area (Å²) in [7, 11) is 0. The van der Waals surface area contributed by atoms with Crippen molar-refractivity contribution in [2.24, 2.45) is 0 Å². The summed E-state index contributed by atoms with van der Waals surface area (Å²) in [5.41, 5.74) is 0.115. The van der Waals surface area contributed by atoms with E-state index in [-0.39, 0.29) is 24.1 Å². The summed E-state index contributed by atoms with van der Waals surface area (Å²) in [6.07, 6.45) is 1.56. The molecule has 92 valence electrons. The van der Waals surface area contributed by atoms with E-state index in [0.29, 0.717) is 6.54 Å². The Bertz CT molecular complexity index is 437. The number of halogens is 2. The van der Waals surface area contributed by atoms with Crippen molar-refractivity contribution in [3.63, 3.8) is 0 Å². The lowest BCUT2D eigenvalue weighted by molar-refractivity contribution is 0.0677. The van der Waals surface area contributed by atoms with E-state index < -0.39 is 11.6 Å². The van der Waals surface area contributed by atoms with Crippen molar-refractivity contribution in [1.82, 2.24) is 4.90 Å². The minimum Gasteiger partial charge on any atom is -0.394 e.